The molecule has 0 radical (unpaired) electrons. The standard InChI is InChI=1S/C13H14ClNO3S2/c1-18-10-4-5-13(12(14)9-10)20(16,17)15-7-6-11-3-2-8-19-11/h2-5,8-9,15H,6-7H2,1H3. The fourth-order valence-corrected chi connectivity index (χ4v) is 3.94. The van der Waals surface area contributed by atoms with Gasteiger partial charge >= 0.3 is 0 Å². The average molecular weight is 332 g/mol. The molecule has 2 aromatic rings. The summed E-state index contributed by atoms with van der Waals surface area (Å²) in [7, 11) is -2.10. The van der Waals surface area contributed by atoms with E-state index in [1.165, 1.54) is 19.2 Å². The minimum Gasteiger partial charge on any atom is -0.497 e. The van der Waals surface area contributed by atoms with Gasteiger partial charge in [-0.15, -0.1) is 11.3 Å². The van der Waals surface area contributed by atoms with E-state index in [4.69, 9.17) is 16.3 Å². The predicted molar refractivity (Wildman–Crippen MR) is 81.2 cm³/mol. The van der Waals surface area contributed by atoms with Gasteiger partial charge in [0.1, 0.15) is 10.6 Å². The van der Waals surface area contributed by atoms with E-state index in [2.05, 4.69) is 4.72 Å². The number of halogens is 1. The van der Waals surface area contributed by atoms with Crippen LogP contribution in [0, 0.1) is 0 Å². The van der Waals surface area contributed by atoms with Gasteiger partial charge in [0.25, 0.3) is 0 Å². The lowest BCUT2D eigenvalue weighted by Gasteiger charge is -2.09. The van der Waals surface area contributed by atoms with E-state index in [0.29, 0.717) is 18.7 Å². The lowest BCUT2D eigenvalue weighted by atomic mass is 10.3. The highest BCUT2D eigenvalue weighted by Crippen LogP contribution is 2.25. The molecule has 1 N–H and O–H groups in total. The molecule has 0 fully saturated rings. The van der Waals surface area contributed by atoms with Crippen molar-refractivity contribution in [3.63, 3.8) is 0 Å². The molecule has 1 aromatic carbocycles. The van der Waals surface area contributed by atoms with Crippen molar-refractivity contribution in [3.8, 4) is 5.75 Å². The van der Waals surface area contributed by atoms with E-state index in [0.717, 1.165) is 4.88 Å². The molecular weight excluding hydrogens is 318 g/mol. The van der Waals surface area contributed by atoms with Crippen LogP contribution in [0.25, 0.3) is 0 Å². The third-order valence-corrected chi connectivity index (χ3v) is 5.55. The van der Waals surface area contributed by atoms with E-state index >= 15 is 0 Å². The highest BCUT2D eigenvalue weighted by molar-refractivity contribution is 7.89. The quantitative estimate of drug-likeness (QED) is 0.885. The van der Waals surface area contributed by atoms with Crippen molar-refractivity contribution in [2.45, 2.75) is 11.3 Å². The Morgan fingerprint density at radius 3 is 2.75 bits per heavy atom. The molecule has 4 nitrogen and oxygen atoms in total. The number of thiophene rings is 1. The number of benzene rings is 1. The summed E-state index contributed by atoms with van der Waals surface area (Å²) in [6.45, 7) is 0.338. The zero-order valence-corrected chi connectivity index (χ0v) is 13.2. The minimum absolute atomic E-state index is 0.0612. The second-order valence-corrected chi connectivity index (χ2v) is 7.20. The van der Waals surface area contributed by atoms with E-state index in [-0.39, 0.29) is 9.92 Å². The summed E-state index contributed by atoms with van der Waals surface area (Å²) in [5, 5.41) is 2.11. The van der Waals surface area contributed by atoms with Crippen LogP contribution in [-0.4, -0.2) is 22.1 Å². The summed E-state index contributed by atoms with van der Waals surface area (Å²) < 4.78 is 31.8. The maximum Gasteiger partial charge on any atom is 0.242 e. The Labute approximate surface area is 127 Å². The summed E-state index contributed by atoms with van der Waals surface area (Å²) >= 11 is 7.57. The molecule has 0 aliphatic rings. The van der Waals surface area contributed by atoms with E-state index in [1.807, 2.05) is 17.5 Å². The van der Waals surface area contributed by atoms with Gasteiger partial charge in [0, 0.05) is 17.5 Å². The second kappa shape index (κ2) is 6.58. The second-order valence-electron chi connectivity index (χ2n) is 4.02. The van der Waals surface area contributed by atoms with Gasteiger partial charge < -0.3 is 4.74 Å². The first-order valence-electron chi connectivity index (χ1n) is 5.88. The summed E-state index contributed by atoms with van der Waals surface area (Å²) in [6.07, 6.45) is 0.657. The van der Waals surface area contributed by atoms with Gasteiger partial charge in [0.05, 0.1) is 12.1 Å². The van der Waals surface area contributed by atoms with Crippen molar-refractivity contribution < 1.29 is 13.2 Å². The van der Waals surface area contributed by atoms with Crippen LogP contribution in [0.1, 0.15) is 4.88 Å². The number of hydrogen-bond acceptors (Lipinski definition) is 4. The molecule has 0 atom stereocenters. The Bertz CT molecular complexity index is 669. The van der Waals surface area contributed by atoms with Gasteiger partial charge in [-0.3, -0.25) is 0 Å². The Kier molecular flexibility index (Phi) is 5.04. The van der Waals surface area contributed by atoms with Crippen molar-refractivity contribution in [2.75, 3.05) is 13.7 Å². The molecule has 0 spiro atoms. The Hall–Kier alpha value is -1.08. The van der Waals surface area contributed by atoms with Crippen molar-refractivity contribution >= 4 is 33.0 Å². The average Bonchev–Trinajstić information content (AvgIpc) is 2.91. The molecule has 0 amide bonds. The summed E-state index contributed by atoms with van der Waals surface area (Å²) in [4.78, 5) is 1.19. The van der Waals surface area contributed by atoms with E-state index < -0.39 is 10.0 Å². The number of methoxy groups -OCH3 is 1. The van der Waals surface area contributed by atoms with Crippen LogP contribution < -0.4 is 9.46 Å². The Morgan fingerprint density at radius 1 is 1.35 bits per heavy atom. The van der Waals surface area contributed by atoms with Gasteiger partial charge in [0.2, 0.25) is 10.0 Å². The minimum atomic E-state index is -3.60. The number of rotatable bonds is 6. The fourth-order valence-electron chi connectivity index (χ4n) is 1.67. The molecule has 1 heterocycles. The predicted octanol–water partition coefficient (Wildman–Crippen LogP) is 2.93. The highest BCUT2D eigenvalue weighted by atomic mass is 35.5. The first-order valence-corrected chi connectivity index (χ1v) is 8.62. The Balaban J connectivity index is 2.06. The summed E-state index contributed by atoms with van der Waals surface area (Å²) in [5.74, 6) is 0.521. The number of ether oxygens (including phenoxy) is 1. The van der Waals surface area contributed by atoms with Crippen molar-refractivity contribution in [2.24, 2.45) is 0 Å². The van der Waals surface area contributed by atoms with Crippen molar-refractivity contribution in [1.29, 1.82) is 0 Å². The molecule has 1 aromatic heterocycles. The fraction of sp³-hybridized carbons (Fsp3) is 0.231. The topological polar surface area (TPSA) is 55.4 Å². The molecule has 7 heteroatoms. The van der Waals surface area contributed by atoms with Crippen LogP contribution in [-0.2, 0) is 16.4 Å². The molecule has 0 aliphatic carbocycles. The van der Waals surface area contributed by atoms with Crippen molar-refractivity contribution in [3.05, 3.63) is 45.6 Å². The molecule has 2 rings (SSSR count). The normalized spacial score (nSPS) is 11.5. The van der Waals surface area contributed by atoms with Gasteiger partial charge in [-0.25, -0.2) is 13.1 Å². The third-order valence-electron chi connectivity index (χ3n) is 2.67. The highest BCUT2D eigenvalue weighted by Gasteiger charge is 2.17. The van der Waals surface area contributed by atoms with E-state index in [9.17, 15) is 8.42 Å². The molecular formula is C13H14ClNO3S2. The maximum absolute atomic E-state index is 12.1. The first-order chi connectivity index (χ1) is 9.53. The number of nitrogens with one attached hydrogen (secondary N) is 1. The van der Waals surface area contributed by atoms with Crippen LogP contribution >= 0.6 is 22.9 Å². The van der Waals surface area contributed by atoms with Crippen LogP contribution in [0.2, 0.25) is 5.02 Å². The lowest BCUT2D eigenvalue weighted by molar-refractivity contribution is 0.414. The zero-order valence-electron chi connectivity index (χ0n) is 10.8. The summed E-state index contributed by atoms with van der Waals surface area (Å²) in [5.41, 5.74) is 0. The molecule has 0 saturated carbocycles. The van der Waals surface area contributed by atoms with Gasteiger partial charge in [-0.1, -0.05) is 17.7 Å². The SMILES string of the molecule is COc1ccc(S(=O)(=O)NCCc2cccs2)c(Cl)c1. The smallest absolute Gasteiger partial charge is 0.242 e. The van der Waals surface area contributed by atoms with Gasteiger partial charge in [-0.05, 0) is 30.0 Å². The zero-order chi connectivity index (χ0) is 14.6. The van der Waals surface area contributed by atoms with Crippen LogP contribution in [0.15, 0.2) is 40.6 Å². The summed E-state index contributed by atoms with van der Waals surface area (Å²) in [6, 6.07) is 8.40. The number of sulfonamides is 1. The molecule has 20 heavy (non-hydrogen) atoms. The van der Waals surface area contributed by atoms with Crippen molar-refractivity contribution in [1.82, 2.24) is 4.72 Å². The largest absolute Gasteiger partial charge is 0.497 e. The maximum atomic E-state index is 12.1. The lowest BCUT2D eigenvalue weighted by Crippen LogP contribution is -2.26. The first kappa shape index (κ1) is 15.3. The molecule has 108 valence electrons. The molecule has 0 aliphatic heterocycles. The van der Waals surface area contributed by atoms with E-state index in [1.54, 1.807) is 17.4 Å². The van der Waals surface area contributed by atoms with Gasteiger partial charge in [-0.2, -0.15) is 0 Å². The molecule has 0 saturated heterocycles. The number of hydrogen-bond donors (Lipinski definition) is 1. The molecule has 0 bridgehead atoms. The van der Waals surface area contributed by atoms with Crippen LogP contribution in [0.3, 0.4) is 0 Å². The Morgan fingerprint density at radius 2 is 2.15 bits per heavy atom. The molecule has 0 unspecified atom stereocenters. The third kappa shape index (κ3) is 3.73. The van der Waals surface area contributed by atoms with Crippen LogP contribution in [0.4, 0.5) is 0 Å². The van der Waals surface area contributed by atoms with Crippen LogP contribution in [0.5, 0.6) is 5.75 Å². The van der Waals surface area contributed by atoms with Gasteiger partial charge in [0.15, 0.2) is 0 Å². The monoisotopic (exact) mass is 331 g/mol.